The van der Waals surface area contributed by atoms with Gasteiger partial charge in [-0.15, -0.1) is 0 Å². The summed E-state index contributed by atoms with van der Waals surface area (Å²) in [6.45, 7) is 5.66. The minimum absolute atomic E-state index is 0.180. The maximum absolute atomic E-state index is 12.0. The molecular formula is C19H23NO2. The average Bonchev–Trinajstić information content (AvgIpc) is 3.08. The Morgan fingerprint density at radius 1 is 1.41 bits per heavy atom. The second-order valence-corrected chi connectivity index (χ2v) is 7.75. The zero-order valence-electron chi connectivity index (χ0n) is 13.6. The molecule has 1 atom stereocenters. The first-order valence-electron chi connectivity index (χ1n) is 8.03. The summed E-state index contributed by atoms with van der Waals surface area (Å²) in [5, 5.41) is 9.08. The van der Waals surface area contributed by atoms with Crippen molar-refractivity contribution < 1.29 is 9.53 Å². The predicted molar refractivity (Wildman–Crippen MR) is 84.3 cm³/mol. The van der Waals surface area contributed by atoms with Crippen LogP contribution in [0.25, 0.3) is 0 Å². The molecule has 3 nitrogen and oxygen atoms in total. The van der Waals surface area contributed by atoms with Gasteiger partial charge < -0.3 is 4.74 Å². The van der Waals surface area contributed by atoms with Crippen molar-refractivity contribution in [3.63, 3.8) is 0 Å². The van der Waals surface area contributed by atoms with Crippen LogP contribution in [0.3, 0.4) is 0 Å². The fourth-order valence-electron chi connectivity index (χ4n) is 3.74. The number of nitriles is 1. The van der Waals surface area contributed by atoms with Gasteiger partial charge in [0.1, 0.15) is 5.60 Å². The van der Waals surface area contributed by atoms with Gasteiger partial charge >= 0.3 is 5.97 Å². The van der Waals surface area contributed by atoms with Gasteiger partial charge in [-0.1, -0.05) is 18.2 Å². The second-order valence-electron chi connectivity index (χ2n) is 7.75. The van der Waals surface area contributed by atoms with E-state index in [9.17, 15) is 4.79 Å². The minimum atomic E-state index is -0.441. The fourth-order valence-corrected chi connectivity index (χ4v) is 3.74. The van der Waals surface area contributed by atoms with Crippen molar-refractivity contribution in [2.45, 2.75) is 64.4 Å². The van der Waals surface area contributed by atoms with Gasteiger partial charge in [0.05, 0.1) is 12.5 Å². The highest BCUT2D eigenvalue weighted by atomic mass is 16.6. The summed E-state index contributed by atoms with van der Waals surface area (Å²) >= 11 is 0. The van der Waals surface area contributed by atoms with Crippen molar-refractivity contribution >= 4 is 5.97 Å². The number of ether oxygens (including phenoxy) is 1. The van der Waals surface area contributed by atoms with Gasteiger partial charge in [0.2, 0.25) is 0 Å². The number of rotatable bonds is 3. The van der Waals surface area contributed by atoms with E-state index in [0.717, 1.165) is 12.0 Å². The van der Waals surface area contributed by atoms with Crippen LogP contribution in [-0.2, 0) is 22.4 Å². The molecule has 0 aromatic heterocycles. The largest absolute Gasteiger partial charge is 0.460 e. The molecule has 0 amide bonds. The van der Waals surface area contributed by atoms with E-state index < -0.39 is 5.60 Å². The summed E-state index contributed by atoms with van der Waals surface area (Å²) in [6.07, 6.45) is 4.46. The summed E-state index contributed by atoms with van der Waals surface area (Å²) in [7, 11) is 0. The smallest absolute Gasteiger partial charge is 0.310 e. The Kier molecular flexibility index (Phi) is 3.51. The maximum Gasteiger partial charge on any atom is 0.310 e. The van der Waals surface area contributed by atoms with Crippen LogP contribution >= 0.6 is 0 Å². The van der Waals surface area contributed by atoms with E-state index in [-0.39, 0.29) is 5.97 Å². The van der Waals surface area contributed by atoms with Crippen molar-refractivity contribution in [2.75, 3.05) is 0 Å². The molecule has 1 saturated carbocycles. The van der Waals surface area contributed by atoms with Gasteiger partial charge in [0, 0.05) is 12.3 Å². The fraction of sp³-hybridized carbons (Fsp3) is 0.579. The molecule has 2 aliphatic rings. The van der Waals surface area contributed by atoms with Crippen LogP contribution in [0.1, 0.15) is 62.6 Å². The Labute approximate surface area is 132 Å². The van der Waals surface area contributed by atoms with E-state index in [1.807, 2.05) is 26.8 Å². The van der Waals surface area contributed by atoms with Crippen LogP contribution in [-0.4, -0.2) is 11.6 Å². The molecule has 3 rings (SSSR count). The lowest BCUT2D eigenvalue weighted by atomic mass is 9.87. The Hall–Kier alpha value is -1.82. The zero-order chi connectivity index (χ0) is 16.0. The van der Waals surface area contributed by atoms with Gasteiger partial charge in [-0.05, 0) is 62.1 Å². The molecule has 1 aromatic rings. The Balaban J connectivity index is 1.76. The quantitative estimate of drug-likeness (QED) is 0.795. The monoisotopic (exact) mass is 297 g/mol. The number of fused-ring (bicyclic) bond motifs is 1. The molecule has 22 heavy (non-hydrogen) atoms. The number of hydrogen-bond acceptors (Lipinski definition) is 3. The predicted octanol–water partition coefficient (Wildman–Crippen LogP) is 3.90. The van der Waals surface area contributed by atoms with E-state index in [2.05, 4.69) is 18.2 Å². The topological polar surface area (TPSA) is 50.1 Å². The maximum atomic E-state index is 12.0. The van der Waals surface area contributed by atoms with Gasteiger partial charge in [-0.2, -0.15) is 5.26 Å². The van der Waals surface area contributed by atoms with Crippen LogP contribution in [0.2, 0.25) is 0 Å². The summed E-state index contributed by atoms with van der Waals surface area (Å²) in [4.78, 5) is 12.0. The van der Waals surface area contributed by atoms with Crippen LogP contribution in [0, 0.1) is 16.7 Å². The first kappa shape index (κ1) is 15.1. The molecule has 1 fully saturated rings. The van der Waals surface area contributed by atoms with Crippen molar-refractivity contribution in [2.24, 2.45) is 5.41 Å². The third-order valence-electron chi connectivity index (χ3n) is 4.82. The van der Waals surface area contributed by atoms with E-state index in [0.29, 0.717) is 24.2 Å². The molecule has 0 aliphatic heterocycles. The molecule has 0 saturated heterocycles. The molecule has 0 bridgehead atoms. The van der Waals surface area contributed by atoms with E-state index in [4.69, 9.17) is 10.00 Å². The third-order valence-corrected chi connectivity index (χ3v) is 4.82. The van der Waals surface area contributed by atoms with Crippen molar-refractivity contribution in [3.8, 4) is 6.07 Å². The normalized spacial score (nSPS) is 21.3. The van der Waals surface area contributed by atoms with Crippen LogP contribution in [0.5, 0.6) is 0 Å². The van der Waals surface area contributed by atoms with Gasteiger partial charge in [-0.25, -0.2) is 0 Å². The summed E-state index contributed by atoms with van der Waals surface area (Å²) in [5.41, 5.74) is 3.58. The molecule has 0 heterocycles. The summed E-state index contributed by atoms with van der Waals surface area (Å²) < 4.78 is 5.39. The Morgan fingerprint density at radius 3 is 2.73 bits per heavy atom. The summed E-state index contributed by atoms with van der Waals surface area (Å²) in [6, 6.07) is 8.65. The molecule has 1 aromatic carbocycles. The highest BCUT2D eigenvalue weighted by Crippen LogP contribution is 2.64. The Morgan fingerprint density at radius 2 is 2.14 bits per heavy atom. The number of carbonyl (C=O) groups is 1. The number of carbonyl (C=O) groups excluding carboxylic acids is 1. The zero-order valence-corrected chi connectivity index (χ0v) is 13.6. The van der Waals surface area contributed by atoms with Crippen LogP contribution < -0.4 is 0 Å². The number of benzene rings is 1. The van der Waals surface area contributed by atoms with Crippen molar-refractivity contribution in [3.05, 3.63) is 34.9 Å². The van der Waals surface area contributed by atoms with E-state index in [1.165, 1.54) is 24.0 Å². The van der Waals surface area contributed by atoms with Gasteiger partial charge in [0.25, 0.3) is 0 Å². The molecule has 0 N–H and O–H groups in total. The first-order chi connectivity index (χ1) is 10.3. The SMILES string of the molecule is CC(C)(C)OC(=O)Cc1ccc2c(c1)CC1(CC1)C2CC#N. The van der Waals surface area contributed by atoms with E-state index >= 15 is 0 Å². The lowest BCUT2D eigenvalue weighted by Crippen LogP contribution is -2.24. The number of esters is 1. The molecule has 2 aliphatic carbocycles. The lowest BCUT2D eigenvalue weighted by molar-refractivity contribution is -0.153. The lowest BCUT2D eigenvalue weighted by Gasteiger charge is -2.19. The molecule has 1 unspecified atom stereocenters. The third kappa shape index (κ3) is 2.88. The Bertz CT molecular complexity index is 644. The van der Waals surface area contributed by atoms with Gasteiger partial charge in [0.15, 0.2) is 0 Å². The van der Waals surface area contributed by atoms with Gasteiger partial charge in [-0.3, -0.25) is 4.79 Å². The first-order valence-corrected chi connectivity index (χ1v) is 8.03. The molecule has 116 valence electrons. The molecule has 3 heteroatoms. The standard InChI is InChI=1S/C19H23NO2/c1-18(2,3)22-17(21)11-13-4-5-15-14(10-13)12-19(7-8-19)16(15)6-9-20/h4-5,10,16H,6-8,11-12H2,1-3H3. The molecule has 1 spiro atoms. The highest BCUT2D eigenvalue weighted by molar-refractivity contribution is 5.73. The van der Waals surface area contributed by atoms with Crippen LogP contribution in [0.4, 0.5) is 0 Å². The van der Waals surface area contributed by atoms with Crippen molar-refractivity contribution in [1.29, 1.82) is 5.26 Å². The molecular weight excluding hydrogens is 274 g/mol. The minimum Gasteiger partial charge on any atom is -0.460 e. The number of hydrogen-bond donors (Lipinski definition) is 0. The summed E-state index contributed by atoms with van der Waals surface area (Å²) in [5.74, 6) is 0.211. The molecule has 0 radical (unpaired) electrons. The average molecular weight is 297 g/mol. The van der Waals surface area contributed by atoms with Crippen molar-refractivity contribution in [1.82, 2.24) is 0 Å². The second kappa shape index (κ2) is 5.12. The van der Waals surface area contributed by atoms with E-state index in [1.54, 1.807) is 0 Å². The van der Waals surface area contributed by atoms with Crippen LogP contribution in [0.15, 0.2) is 18.2 Å². The number of nitrogens with zero attached hydrogens (tertiary/aromatic N) is 1. The highest BCUT2D eigenvalue weighted by Gasteiger charge is 2.53.